The maximum atomic E-state index is 15.6. The SMILES string of the molecule is CN1CC2C3=C4C5=C(C=C6CC7=CC8=C9C%10C(C=C8)C=C8CC(=C3)C3C8C%10C8C9C7C6C5C8C43)C2C1c1ccc(C(F)(F)C(F)(F)C(F)(F)C(F)(F)C(F)(F)C(F)(F)C(F)(F)C(F)(F)F)cc1. The molecule has 18 heteroatoms. The van der Waals surface area contributed by atoms with Crippen LogP contribution in [0.3, 0.4) is 0 Å². The van der Waals surface area contributed by atoms with E-state index in [-0.39, 0.29) is 35.4 Å². The minimum absolute atomic E-state index is 0.125. The first-order valence-electron chi connectivity index (χ1n) is 22.4. The fourth-order valence-corrected chi connectivity index (χ4v) is 17.4. The van der Waals surface area contributed by atoms with E-state index in [9.17, 15) is 57.1 Å². The Hall–Kier alpha value is -4.09. The van der Waals surface area contributed by atoms with E-state index in [4.69, 9.17) is 0 Å². The molecule has 0 spiro atoms. The van der Waals surface area contributed by atoms with E-state index in [0.29, 0.717) is 71.6 Å². The van der Waals surface area contributed by atoms with Crippen molar-refractivity contribution in [1.29, 1.82) is 0 Å². The van der Waals surface area contributed by atoms with Crippen molar-refractivity contribution in [2.75, 3.05) is 13.6 Å². The minimum Gasteiger partial charge on any atom is -0.298 e. The Labute approximate surface area is 369 Å². The summed E-state index contributed by atoms with van der Waals surface area (Å²) in [5, 5.41) is 0. The lowest BCUT2D eigenvalue weighted by Crippen LogP contribution is -2.74. The molecule has 15 atom stereocenters. The van der Waals surface area contributed by atoms with Gasteiger partial charge in [0.05, 0.1) is 0 Å². The zero-order valence-electron chi connectivity index (χ0n) is 34.4. The number of fused-ring (bicyclic) bond motifs is 3. The van der Waals surface area contributed by atoms with Crippen LogP contribution in [0.15, 0.2) is 116 Å². The minimum atomic E-state index is -8.67. The lowest BCUT2D eigenvalue weighted by Gasteiger charge is -2.56. The van der Waals surface area contributed by atoms with Crippen LogP contribution in [-0.2, 0) is 5.92 Å². The van der Waals surface area contributed by atoms with Gasteiger partial charge in [0.25, 0.3) is 0 Å². The Morgan fingerprint density at radius 1 is 0.493 bits per heavy atom. The van der Waals surface area contributed by atoms with Crippen LogP contribution in [0.1, 0.15) is 30.0 Å². The summed E-state index contributed by atoms with van der Waals surface area (Å²) in [5.41, 5.74) is 11.9. The van der Waals surface area contributed by atoms with Crippen LogP contribution in [0.4, 0.5) is 74.6 Å². The van der Waals surface area contributed by atoms with Crippen molar-refractivity contribution in [2.45, 2.75) is 66.5 Å². The Morgan fingerprint density at radius 2 is 1.01 bits per heavy atom. The molecule has 7 fully saturated rings. The summed E-state index contributed by atoms with van der Waals surface area (Å²) < 4.78 is 241. The molecule has 1 aromatic carbocycles. The smallest absolute Gasteiger partial charge is 0.298 e. The Kier molecular flexibility index (Phi) is 7.22. The molecule has 0 aromatic heterocycles. The lowest BCUT2D eigenvalue weighted by molar-refractivity contribution is -0.462. The number of benzene rings is 1. The molecule has 12 aliphatic carbocycles. The van der Waals surface area contributed by atoms with Gasteiger partial charge in [-0.1, -0.05) is 88.6 Å². The summed E-state index contributed by atoms with van der Waals surface area (Å²) in [4.78, 5) is 1.96. The predicted octanol–water partition coefficient (Wildman–Crippen LogP) is 12.9. The average molecular weight is 960 g/mol. The third kappa shape index (κ3) is 4.13. The summed E-state index contributed by atoms with van der Waals surface area (Å²) in [6, 6.07) is 1.44. The van der Waals surface area contributed by atoms with E-state index in [1.165, 1.54) is 44.6 Å². The highest BCUT2D eigenvalue weighted by Crippen LogP contribution is 2.83. The van der Waals surface area contributed by atoms with Gasteiger partial charge in [0.15, 0.2) is 0 Å². The molecule has 14 rings (SSSR count). The molecule has 354 valence electrons. The van der Waals surface area contributed by atoms with E-state index in [1.54, 1.807) is 12.6 Å². The van der Waals surface area contributed by atoms with Gasteiger partial charge in [-0.25, -0.2) is 0 Å². The molecular weight excluding hydrogens is 926 g/mol. The molecule has 1 saturated heterocycles. The van der Waals surface area contributed by atoms with Crippen LogP contribution in [0.5, 0.6) is 0 Å². The summed E-state index contributed by atoms with van der Waals surface area (Å²) in [5.74, 6) is -52.4. The van der Waals surface area contributed by atoms with Gasteiger partial charge < -0.3 is 0 Å². The number of hydrogen-bond donors (Lipinski definition) is 0. The van der Waals surface area contributed by atoms with Gasteiger partial charge in [-0.3, -0.25) is 4.90 Å². The van der Waals surface area contributed by atoms with E-state index >= 15 is 17.6 Å². The zero-order valence-corrected chi connectivity index (χ0v) is 34.4. The van der Waals surface area contributed by atoms with Crippen molar-refractivity contribution in [2.24, 2.45) is 82.9 Å². The predicted molar refractivity (Wildman–Crippen MR) is 202 cm³/mol. The normalized spacial score (nSPS) is 40.4. The molecule has 13 aliphatic rings. The van der Waals surface area contributed by atoms with Gasteiger partial charge in [-0.2, -0.15) is 74.6 Å². The molecule has 1 heterocycles. The zero-order chi connectivity index (χ0) is 47.4. The second-order valence-electron chi connectivity index (χ2n) is 21.4. The number of halogens is 17. The van der Waals surface area contributed by atoms with Crippen molar-refractivity contribution < 1.29 is 74.6 Å². The largest absolute Gasteiger partial charge is 0.460 e. The van der Waals surface area contributed by atoms with Gasteiger partial charge in [-0.15, -0.1) is 0 Å². The van der Waals surface area contributed by atoms with E-state index in [0.717, 1.165) is 30.5 Å². The number of allylic oxidation sites excluding steroid dienone is 14. The van der Waals surface area contributed by atoms with Crippen molar-refractivity contribution >= 4 is 0 Å². The summed E-state index contributed by atoms with van der Waals surface area (Å²) in [7, 11) is 1.78. The van der Waals surface area contributed by atoms with Crippen LogP contribution in [-0.4, -0.2) is 60.2 Å². The second kappa shape index (κ2) is 11.6. The van der Waals surface area contributed by atoms with Crippen LogP contribution in [0.2, 0.25) is 0 Å². The topological polar surface area (TPSA) is 3.24 Å². The standard InChI is InChI=1S/C49H34F17N/c1-67-14-25-23-12-20-10-18-8-16-2-3-17-9-19-11-21-13-24(34-33(23)37-30(20)28(18)35-26(16)27(17)36-29(19)31(21)38(34)40(37)39(35)36)32(25)41(67)15-4-6-22(7-5-15)42(50,51)43(52,53)44(54,55)45(56,57)46(58,59)47(60,61)48(62,63)49(64,65)66/h2-9,12-13,16,25-26,28-32,35-41H,10-11,14H2,1H3. The van der Waals surface area contributed by atoms with Crippen molar-refractivity contribution in [1.82, 2.24) is 4.90 Å². The molecule has 15 unspecified atom stereocenters. The Bertz CT molecular complexity index is 2830. The molecule has 0 N–H and O–H groups in total. The molecule has 67 heavy (non-hydrogen) atoms. The molecular formula is C49H34F17N. The lowest BCUT2D eigenvalue weighted by atomic mass is 9.47. The highest BCUT2D eigenvalue weighted by molar-refractivity contribution is 5.70. The first-order valence-corrected chi connectivity index (χ1v) is 22.4. The highest BCUT2D eigenvalue weighted by Gasteiger charge is 2.95. The summed E-state index contributed by atoms with van der Waals surface area (Å²) in [6.07, 6.45) is 8.32. The molecule has 1 aromatic rings. The molecule has 0 radical (unpaired) electrons. The van der Waals surface area contributed by atoms with E-state index in [1.807, 2.05) is 4.90 Å². The molecule has 0 bridgehead atoms. The van der Waals surface area contributed by atoms with Crippen molar-refractivity contribution in [3.05, 3.63) is 128 Å². The molecule has 1 aliphatic heterocycles. The fourth-order valence-electron chi connectivity index (χ4n) is 17.4. The molecule has 0 amide bonds. The van der Waals surface area contributed by atoms with Crippen LogP contribution < -0.4 is 0 Å². The fraction of sp³-hybridized carbons (Fsp3) is 0.551. The third-order valence-corrected chi connectivity index (χ3v) is 19.2. The van der Waals surface area contributed by atoms with Gasteiger partial charge in [0.2, 0.25) is 0 Å². The molecule has 6 saturated carbocycles. The monoisotopic (exact) mass is 959 g/mol. The summed E-state index contributed by atoms with van der Waals surface area (Å²) in [6.45, 7) is 0.470. The highest BCUT2D eigenvalue weighted by atomic mass is 19.4. The van der Waals surface area contributed by atoms with Crippen LogP contribution >= 0.6 is 0 Å². The Morgan fingerprint density at radius 3 is 1.66 bits per heavy atom. The maximum absolute atomic E-state index is 15.6. The first kappa shape index (κ1) is 41.8. The quantitative estimate of drug-likeness (QED) is 0.185. The van der Waals surface area contributed by atoms with E-state index in [2.05, 4.69) is 36.5 Å². The number of alkyl halides is 17. The number of hydrogen-bond acceptors (Lipinski definition) is 1. The second-order valence-corrected chi connectivity index (χ2v) is 21.4. The van der Waals surface area contributed by atoms with Gasteiger partial charge in [0, 0.05) is 35.9 Å². The van der Waals surface area contributed by atoms with Crippen molar-refractivity contribution in [3.8, 4) is 0 Å². The van der Waals surface area contributed by atoms with Gasteiger partial charge >= 0.3 is 47.6 Å². The Balaban J connectivity index is 0.849. The average Bonchev–Trinajstić information content (AvgIpc) is 4.06. The third-order valence-electron chi connectivity index (χ3n) is 19.2. The van der Waals surface area contributed by atoms with Crippen molar-refractivity contribution in [3.63, 3.8) is 0 Å². The number of likely N-dealkylation sites (tertiary alicyclic amines) is 1. The maximum Gasteiger partial charge on any atom is 0.460 e. The number of nitrogens with zero attached hydrogens (tertiary/aromatic N) is 1. The van der Waals surface area contributed by atoms with Gasteiger partial charge in [0.1, 0.15) is 0 Å². The first-order chi connectivity index (χ1) is 31.1. The number of rotatable bonds is 8. The van der Waals surface area contributed by atoms with E-state index < -0.39 is 59.2 Å². The van der Waals surface area contributed by atoms with Crippen LogP contribution in [0.25, 0.3) is 0 Å². The van der Waals surface area contributed by atoms with Gasteiger partial charge in [-0.05, 0) is 118 Å². The van der Waals surface area contributed by atoms with Crippen LogP contribution in [0, 0.1) is 82.9 Å². The molecule has 1 nitrogen and oxygen atoms in total. The summed E-state index contributed by atoms with van der Waals surface area (Å²) >= 11 is 0.